The number of aliphatic imine (C=N–C) groups is 1. The van der Waals surface area contributed by atoms with Gasteiger partial charge in [0.15, 0.2) is 5.96 Å². The monoisotopic (exact) mass is 534 g/mol. The quantitative estimate of drug-likeness (QED) is 0.298. The molecule has 30 heavy (non-hydrogen) atoms. The van der Waals surface area contributed by atoms with Gasteiger partial charge in [-0.1, -0.05) is 24.3 Å². The summed E-state index contributed by atoms with van der Waals surface area (Å²) in [7, 11) is 3.44. The van der Waals surface area contributed by atoms with Gasteiger partial charge in [-0.25, -0.2) is 9.79 Å². The fourth-order valence-electron chi connectivity index (χ4n) is 2.31. The summed E-state index contributed by atoms with van der Waals surface area (Å²) in [5.74, 6) is 0.756. The van der Waals surface area contributed by atoms with Crippen molar-refractivity contribution in [2.45, 2.75) is 65.8 Å². The van der Waals surface area contributed by atoms with E-state index in [1.807, 2.05) is 65.8 Å². The summed E-state index contributed by atoms with van der Waals surface area (Å²) in [4.78, 5) is 18.3. The molecule has 1 amide bonds. The van der Waals surface area contributed by atoms with E-state index in [-0.39, 0.29) is 35.7 Å². The Balaban J connectivity index is 0.00000841. The molecule has 0 saturated heterocycles. The number of carbonyl (C=O) groups excluding carboxylic acids is 1. The lowest BCUT2D eigenvalue weighted by atomic mass is 10.1. The van der Waals surface area contributed by atoms with E-state index in [9.17, 15) is 4.79 Å². The third kappa shape index (κ3) is 11.6. The average Bonchev–Trinajstić information content (AvgIpc) is 2.63. The summed E-state index contributed by atoms with van der Waals surface area (Å²) in [6.07, 6.45) is -0.327. The molecule has 1 rings (SSSR count). The third-order valence-electron chi connectivity index (χ3n) is 4.15. The fraction of sp³-hybridized carbons (Fsp3) is 0.636. The predicted molar refractivity (Wildman–Crippen MR) is 133 cm³/mol. The molecule has 0 unspecified atom stereocenters. The Morgan fingerprint density at radius 2 is 1.63 bits per heavy atom. The van der Waals surface area contributed by atoms with Gasteiger partial charge in [0.25, 0.3) is 0 Å². The summed E-state index contributed by atoms with van der Waals surface area (Å²) in [5.41, 5.74) is 1.37. The summed E-state index contributed by atoms with van der Waals surface area (Å²) >= 11 is 0. The van der Waals surface area contributed by atoms with Crippen molar-refractivity contribution < 1.29 is 14.3 Å². The molecule has 0 fully saturated rings. The number of amides is 1. The molecule has 0 radical (unpaired) electrons. The molecule has 0 aliphatic heterocycles. The standard InChI is InChI=1S/C22H38N4O3.HI/c1-9-23-19(25-16-22(5,6)28-8)24-14-17-10-12-18(13-11-17)15-26(7)20(27)29-21(2,3)4;/h10-13H,9,14-16H2,1-8H3,(H2,23,24,25);1H. The van der Waals surface area contributed by atoms with Crippen LogP contribution in [0.2, 0.25) is 0 Å². The number of nitrogens with zero attached hydrogens (tertiary/aromatic N) is 2. The largest absolute Gasteiger partial charge is 0.444 e. The molecule has 0 aromatic heterocycles. The first-order valence-corrected chi connectivity index (χ1v) is 10.0. The van der Waals surface area contributed by atoms with Gasteiger partial charge in [-0.3, -0.25) is 0 Å². The zero-order valence-electron chi connectivity index (χ0n) is 19.7. The molecule has 7 nitrogen and oxygen atoms in total. The predicted octanol–water partition coefficient (Wildman–Crippen LogP) is 4.15. The third-order valence-corrected chi connectivity index (χ3v) is 4.15. The molecule has 0 spiro atoms. The normalized spacial score (nSPS) is 12.1. The second kappa shape index (κ2) is 13.0. The van der Waals surface area contributed by atoms with Crippen LogP contribution in [-0.4, -0.2) is 55.4 Å². The molecule has 8 heteroatoms. The highest BCUT2D eigenvalue weighted by Crippen LogP contribution is 2.12. The van der Waals surface area contributed by atoms with Gasteiger partial charge in [-0.15, -0.1) is 24.0 Å². The molecule has 0 aliphatic rings. The number of guanidine groups is 1. The number of nitrogens with one attached hydrogen (secondary N) is 2. The number of halogens is 1. The minimum absolute atomic E-state index is 0. The fourth-order valence-corrected chi connectivity index (χ4v) is 2.31. The van der Waals surface area contributed by atoms with E-state index < -0.39 is 5.60 Å². The van der Waals surface area contributed by atoms with Gasteiger partial charge < -0.3 is 25.0 Å². The highest BCUT2D eigenvalue weighted by atomic mass is 127. The van der Waals surface area contributed by atoms with Crippen molar-refractivity contribution in [2.24, 2.45) is 4.99 Å². The van der Waals surface area contributed by atoms with Crippen LogP contribution in [0, 0.1) is 0 Å². The molecular formula is C22H39IN4O3. The van der Waals surface area contributed by atoms with Gasteiger partial charge >= 0.3 is 6.09 Å². The lowest BCUT2D eigenvalue weighted by Crippen LogP contribution is -2.45. The Hall–Kier alpha value is -1.55. The minimum atomic E-state index is -0.496. The molecule has 1 aromatic rings. The molecule has 0 atom stereocenters. The Morgan fingerprint density at radius 1 is 1.07 bits per heavy atom. The smallest absolute Gasteiger partial charge is 0.410 e. The number of hydrogen-bond donors (Lipinski definition) is 2. The van der Waals surface area contributed by atoms with Crippen molar-refractivity contribution in [1.29, 1.82) is 0 Å². The van der Waals surface area contributed by atoms with Crippen LogP contribution >= 0.6 is 24.0 Å². The van der Waals surface area contributed by atoms with Crippen molar-refractivity contribution in [2.75, 3.05) is 27.2 Å². The first-order valence-electron chi connectivity index (χ1n) is 10.0. The Labute approximate surface area is 199 Å². The lowest BCUT2D eigenvalue weighted by Gasteiger charge is -2.24. The zero-order valence-corrected chi connectivity index (χ0v) is 22.0. The second-order valence-electron chi connectivity index (χ2n) is 8.67. The number of ether oxygens (including phenoxy) is 2. The Morgan fingerprint density at radius 3 is 2.13 bits per heavy atom. The maximum absolute atomic E-state index is 12.1. The summed E-state index contributed by atoms with van der Waals surface area (Å²) < 4.78 is 10.8. The van der Waals surface area contributed by atoms with Gasteiger partial charge in [0.1, 0.15) is 5.60 Å². The summed E-state index contributed by atoms with van der Waals surface area (Å²) in [5, 5.41) is 6.55. The Bertz CT molecular complexity index is 670. The highest BCUT2D eigenvalue weighted by molar-refractivity contribution is 14.0. The van der Waals surface area contributed by atoms with Crippen molar-refractivity contribution >= 4 is 36.0 Å². The number of benzene rings is 1. The molecule has 2 N–H and O–H groups in total. The van der Waals surface area contributed by atoms with Crippen LogP contribution in [0.5, 0.6) is 0 Å². The van der Waals surface area contributed by atoms with Crippen LogP contribution in [-0.2, 0) is 22.6 Å². The van der Waals surface area contributed by atoms with E-state index in [1.165, 1.54) is 0 Å². The molecule has 0 saturated carbocycles. The SMILES string of the molecule is CCNC(=NCc1ccc(CN(C)C(=O)OC(C)(C)C)cc1)NCC(C)(C)OC.I. The first-order chi connectivity index (χ1) is 13.5. The van der Waals surface area contributed by atoms with Crippen molar-refractivity contribution in [3.8, 4) is 0 Å². The molecule has 0 aliphatic carbocycles. The maximum Gasteiger partial charge on any atom is 0.410 e. The maximum atomic E-state index is 12.1. The van der Waals surface area contributed by atoms with Crippen LogP contribution in [0.1, 0.15) is 52.7 Å². The van der Waals surface area contributed by atoms with Crippen LogP contribution in [0.15, 0.2) is 29.3 Å². The molecular weight excluding hydrogens is 495 g/mol. The van der Waals surface area contributed by atoms with E-state index in [2.05, 4.69) is 15.6 Å². The van der Waals surface area contributed by atoms with Crippen LogP contribution < -0.4 is 10.6 Å². The van der Waals surface area contributed by atoms with Crippen LogP contribution in [0.4, 0.5) is 4.79 Å². The molecule has 172 valence electrons. The van der Waals surface area contributed by atoms with E-state index >= 15 is 0 Å². The van der Waals surface area contributed by atoms with Crippen molar-refractivity contribution in [3.63, 3.8) is 0 Å². The number of hydrogen-bond acceptors (Lipinski definition) is 4. The number of methoxy groups -OCH3 is 1. The number of carbonyl (C=O) groups is 1. The topological polar surface area (TPSA) is 75.2 Å². The van der Waals surface area contributed by atoms with Crippen LogP contribution in [0.25, 0.3) is 0 Å². The average molecular weight is 534 g/mol. The van der Waals surface area contributed by atoms with E-state index in [1.54, 1.807) is 19.1 Å². The van der Waals surface area contributed by atoms with Crippen LogP contribution in [0.3, 0.4) is 0 Å². The second-order valence-corrected chi connectivity index (χ2v) is 8.67. The van der Waals surface area contributed by atoms with Gasteiger partial charge in [0, 0.05) is 33.8 Å². The molecule has 0 heterocycles. The Kier molecular flexibility index (Phi) is 12.3. The summed E-state index contributed by atoms with van der Waals surface area (Å²) in [6.45, 7) is 14.2. The van der Waals surface area contributed by atoms with Crippen molar-refractivity contribution in [1.82, 2.24) is 15.5 Å². The van der Waals surface area contributed by atoms with Gasteiger partial charge in [0.05, 0.1) is 12.1 Å². The van der Waals surface area contributed by atoms with Gasteiger partial charge in [-0.05, 0) is 52.7 Å². The van der Waals surface area contributed by atoms with E-state index in [0.717, 1.165) is 23.6 Å². The van der Waals surface area contributed by atoms with Gasteiger partial charge in [0.2, 0.25) is 0 Å². The number of rotatable bonds is 8. The van der Waals surface area contributed by atoms with E-state index in [0.29, 0.717) is 19.6 Å². The molecule has 1 aromatic carbocycles. The molecule has 0 bridgehead atoms. The van der Waals surface area contributed by atoms with Gasteiger partial charge in [-0.2, -0.15) is 0 Å². The van der Waals surface area contributed by atoms with E-state index in [4.69, 9.17) is 9.47 Å². The summed E-state index contributed by atoms with van der Waals surface area (Å²) in [6, 6.07) is 8.09. The lowest BCUT2D eigenvalue weighted by molar-refractivity contribution is 0.0267. The first kappa shape index (κ1) is 28.5. The zero-order chi connectivity index (χ0) is 22.1. The van der Waals surface area contributed by atoms with Crippen molar-refractivity contribution in [3.05, 3.63) is 35.4 Å². The minimum Gasteiger partial charge on any atom is -0.444 e. The highest BCUT2D eigenvalue weighted by Gasteiger charge is 2.19.